The van der Waals surface area contributed by atoms with Crippen molar-refractivity contribution < 1.29 is 24.2 Å². The number of benzene rings is 1. The number of halogens is 2. The normalized spacial score (nSPS) is 15.7. The average molecular weight is 386 g/mol. The fourth-order valence-electron chi connectivity index (χ4n) is 1.81. The van der Waals surface area contributed by atoms with Gasteiger partial charge in [0.15, 0.2) is 12.4 Å². The Hall–Kier alpha value is -2.14. The molecule has 0 bridgehead atoms. The molecule has 2 amide bonds. The third kappa shape index (κ3) is 4.03. The largest absolute Gasteiger partial charge is 0.479 e. The van der Waals surface area contributed by atoms with Crippen molar-refractivity contribution in [2.24, 2.45) is 0 Å². The zero-order chi connectivity index (χ0) is 17.9. The van der Waals surface area contributed by atoms with Gasteiger partial charge in [0.25, 0.3) is 11.1 Å². The van der Waals surface area contributed by atoms with Gasteiger partial charge in [0.05, 0.1) is 21.5 Å². The molecule has 0 unspecified atom stereocenters. The summed E-state index contributed by atoms with van der Waals surface area (Å²) in [6.07, 6.45) is 6.57. The van der Waals surface area contributed by atoms with Crippen LogP contribution in [0.5, 0.6) is 5.75 Å². The highest BCUT2D eigenvalue weighted by Gasteiger charge is 2.34. The molecule has 1 N–H and O–H groups in total. The van der Waals surface area contributed by atoms with Crippen LogP contribution in [0.25, 0.3) is 6.08 Å². The third-order valence-electron chi connectivity index (χ3n) is 2.78. The topological polar surface area (TPSA) is 83.9 Å². The predicted octanol–water partition coefficient (Wildman–Crippen LogP) is 3.13. The molecule has 24 heavy (non-hydrogen) atoms. The number of terminal acetylenes is 1. The maximum Gasteiger partial charge on any atom is 0.341 e. The van der Waals surface area contributed by atoms with Gasteiger partial charge in [-0.1, -0.05) is 29.1 Å². The second-order valence-electron chi connectivity index (χ2n) is 4.47. The molecule has 0 saturated carbocycles. The van der Waals surface area contributed by atoms with Gasteiger partial charge in [-0.2, -0.15) is 0 Å². The molecule has 0 radical (unpaired) electrons. The summed E-state index contributed by atoms with van der Waals surface area (Å²) in [4.78, 5) is 35.5. The van der Waals surface area contributed by atoms with Gasteiger partial charge in [-0.3, -0.25) is 14.5 Å². The van der Waals surface area contributed by atoms with Gasteiger partial charge in [-0.15, -0.1) is 6.42 Å². The van der Waals surface area contributed by atoms with Gasteiger partial charge in [-0.05, 0) is 35.5 Å². The lowest BCUT2D eigenvalue weighted by Gasteiger charge is -2.09. The molecule has 1 heterocycles. The van der Waals surface area contributed by atoms with Crippen LogP contribution in [-0.2, 0) is 9.59 Å². The molecule has 6 nitrogen and oxygen atoms in total. The number of ether oxygens (including phenoxy) is 1. The molecule has 0 spiro atoms. The van der Waals surface area contributed by atoms with Crippen molar-refractivity contribution in [3.05, 3.63) is 32.6 Å². The van der Waals surface area contributed by atoms with Crippen LogP contribution >= 0.6 is 35.0 Å². The van der Waals surface area contributed by atoms with E-state index in [1.165, 1.54) is 18.2 Å². The minimum Gasteiger partial charge on any atom is -0.479 e. The van der Waals surface area contributed by atoms with Crippen LogP contribution in [0.1, 0.15) is 5.56 Å². The molecule has 1 saturated heterocycles. The second-order valence-corrected chi connectivity index (χ2v) is 6.28. The Balaban J connectivity index is 2.28. The van der Waals surface area contributed by atoms with Crippen molar-refractivity contribution in [1.82, 2.24) is 4.90 Å². The van der Waals surface area contributed by atoms with Gasteiger partial charge >= 0.3 is 5.97 Å². The summed E-state index contributed by atoms with van der Waals surface area (Å²) in [6, 6.07) is 2.89. The van der Waals surface area contributed by atoms with Gasteiger partial charge < -0.3 is 9.84 Å². The van der Waals surface area contributed by atoms with Crippen molar-refractivity contribution in [2.45, 2.75) is 0 Å². The highest BCUT2D eigenvalue weighted by Crippen LogP contribution is 2.37. The first-order valence-electron chi connectivity index (χ1n) is 6.36. The highest BCUT2D eigenvalue weighted by atomic mass is 35.5. The van der Waals surface area contributed by atoms with E-state index in [1.54, 1.807) is 0 Å². The lowest BCUT2D eigenvalue weighted by atomic mass is 10.2. The van der Waals surface area contributed by atoms with Gasteiger partial charge in [0, 0.05) is 0 Å². The minimum atomic E-state index is -1.17. The number of hydrogen-bond donors (Lipinski definition) is 1. The Bertz CT molecular complexity index is 777. The van der Waals surface area contributed by atoms with Crippen molar-refractivity contribution >= 4 is 58.2 Å². The van der Waals surface area contributed by atoms with E-state index in [1.807, 2.05) is 0 Å². The molecule has 0 atom stereocenters. The van der Waals surface area contributed by atoms with Crippen LogP contribution in [0.3, 0.4) is 0 Å². The van der Waals surface area contributed by atoms with E-state index in [9.17, 15) is 14.4 Å². The summed E-state index contributed by atoms with van der Waals surface area (Å²) < 4.78 is 5.00. The molecule has 124 valence electrons. The number of aliphatic carboxylic acids is 1. The maximum atomic E-state index is 12.1. The lowest BCUT2D eigenvalue weighted by molar-refractivity contribution is -0.139. The molecule has 2 rings (SSSR count). The van der Waals surface area contributed by atoms with Crippen molar-refractivity contribution in [3.8, 4) is 18.1 Å². The third-order valence-corrected chi connectivity index (χ3v) is 4.25. The molecule has 1 aromatic carbocycles. The number of carboxylic acids is 1. The molecule has 0 aliphatic carbocycles. The van der Waals surface area contributed by atoms with Crippen molar-refractivity contribution in [2.75, 3.05) is 13.2 Å². The Morgan fingerprint density at radius 2 is 2.00 bits per heavy atom. The Kier molecular flexibility index (Phi) is 5.78. The quantitative estimate of drug-likeness (QED) is 0.619. The monoisotopic (exact) mass is 385 g/mol. The summed E-state index contributed by atoms with van der Waals surface area (Å²) in [5.74, 6) is 0.595. The number of nitrogens with zero attached hydrogens (tertiary/aromatic N) is 1. The molecule has 1 fully saturated rings. The summed E-state index contributed by atoms with van der Waals surface area (Å²) in [5, 5.41) is 8.32. The number of hydrogen-bond acceptors (Lipinski definition) is 5. The zero-order valence-electron chi connectivity index (χ0n) is 11.9. The van der Waals surface area contributed by atoms with Crippen molar-refractivity contribution in [3.63, 3.8) is 0 Å². The summed E-state index contributed by atoms with van der Waals surface area (Å²) in [5.41, 5.74) is 0.457. The van der Waals surface area contributed by atoms with E-state index in [-0.39, 0.29) is 27.2 Å². The van der Waals surface area contributed by atoms with Crippen molar-refractivity contribution in [1.29, 1.82) is 0 Å². The lowest BCUT2D eigenvalue weighted by Crippen LogP contribution is -2.28. The average Bonchev–Trinajstić information content (AvgIpc) is 2.74. The molecular weight excluding hydrogens is 377 g/mol. The summed E-state index contributed by atoms with van der Waals surface area (Å²) in [6.45, 7) is -0.699. The van der Waals surface area contributed by atoms with Gasteiger partial charge in [0.1, 0.15) is 0 Å². The van der Waals surface area contributed by atoms with Gasteiger partial charge in [-0.25, -0.2) is 4.79 Å². The maximum absolute atomic E-state index is 12.1. The second kappa shape index (κ2) is 7.62. The number of imide groups is 1. The number of carboxylic acid groups (broad SMARTS) is 1. The first kappa shape index (κ1) is 18.2. The van der Waals surface area contributed by atoms with Crippen LogP contribution in [0.2, 0.25) is 10.0 Å². The van der Waals surface area contributed by atoms with Crippen LogP contribution < -0.4 is 4.74 Å². The molecule has 0 aromatic heterocycles. The first-order valence-corrected chi connectivity index (χ1v) is 7.93. The molecule has 1 aromatic rings. The summed E-state index contributed by atoms with van der Waals surface area (Å²) in [7, 11) is 0. The SMILES string of the molecule is C#CCN1C(=O)S/C(=C/c2cc(Cl)c(OCC(=O)O)c(Cl)c2)C1=O. The van der Waals surface area contributed by atoms with E-state index in [4.69, 9.17) is 39.5 Å². The number of thioether (sulfide) groups is 1. The van der Waals surface area contributed by atoms with Gasteiger partial charge in [0.2, 0.25) is 0 Å². The number of rotatable bonds is 5. The zero-order valence-corrected chi connectivity index (χ0v) is 14.2. The van der Waals surface area contributed by atoms with Crippen LogP contribution in [-0.4, -0.2) is 40.3 Å². The van der Waals surface area contributed by atoms with Crippen LogP contribution in [0.4, 0.5) is 4.79 Å². The first-order chi connectivity index (χ1) is 11.3. The van der Waals surface area contributed by atoms with E-state index < -0.39 is 23.7 Å². The fraction of sp³-hybridized carbons (Fsp3) is 0.133. The Morgan fingerprint density at radius 1 is 1.38 bits per heavy atom. The van der Waals surface area contributed by atoms with E-state index in [0.29, 0.717) is 5.56 Å². The number of carbonyl (C=O) groups excluding carboxylic acids is 2. The number of carbonyl (C=O) groups is 3. The fourth-order valence-corrected chi connectivity index (χ4v) is 3.26. The Labute approximate surface area is 151 Å². The summed E-state index contributed by atoms with van der Waals surface area (Å²) >= 11 is 12.8. The molecule has 1 aliphatic heterocycles. The Morgan fingerprint density at radius 3 is 2.54 bits per heavy atom. The highest BCUT2D eigenvalue weighted by molar-refractivity contribution is 8.18. The van der Waals surface area contributed by atoms with Crippen LogP contribution in [0, 0.1) is 12.3 Å². The van der Waals surface area contributed by atoms with E-state index in [0.717, 1.165) is 16.7 Å². The molecular formula is C15H9Cl2NO5S. The predicted molar refractivity (Wildman–Crippen MR) is 91.1 cm³/mol. The van der Waals surface area contributed by atoms with E-state index >= 15 is 0 Å². The molecule has 1 aliphatic rings. The van der Waals surface area contributed by atoms with Crippen LogP contribution in [0.15, 0.2) is 17.0 Å². The standard InChI is InChI=1S/C15H9Cl2NO5S/c1-2-3-18-14(21)11(24-15(18)22)6-8-4-9(16)13(10(17)5-8)23-7-12(19)20/h1,4-6H,3,7H2,(H,19,20)/b11-6+. The van der Waals surface area contributed by atoms with E-state index in [2.05, 4.69) is 5.92 Å². The molecule has 9 heteroatoms. The smallest absolute Gasteiger partial charge is 0.341 e. The minimum absolute atomic E-state index is 0.0262. The number of amides is 2.